The van der Waals surface area contributed by atoms with Gasteiger partial charge in [-0.25, -0.2) is 18.1 Å². The average Bonchev–Trinajstić information content (AvgIpc) is 2.34. The van der Waals surface area contributed by atoms with Gasteiger partial charge in [0.2, 0.25) is 11.8 Å². The van der Waals surface area contributed by atoms with Crippen molar-refractivity contribution in [2.45, 2.75) is 82.7 Å². The molecule has 6 aromatic rings. The molecule has 2 unspecified atom stereocenters. The molecule has 0 bridgehead atoms. The lowest BCUT2D eigenvalue weighted by Crippen LogP contribution is -2.52. The first-order valence-corrected chi connectivity index (χ1v) is 32.2. The minimum Gasteiger partial charge on any atom is -0.455 e. The van der Waals surface area contributed by atoms with Gasteiger partial charge in [0.15, 0.2) is 0 Å². The van der Waals surface area contributed by atoms with E-state index in [9.17, 15) is 37.7 Å². The van der Waals surface area contributed by atoms with E-state index in [1.807, 2.05) is 24.3 Å². The predicted octanol–water partition coefficient (Wildman–Crippen LogP) is 9.18. The molecule has 11 rings (SSSR count). The number of likely N-dealkylation sites (tertiary alicyclic amines) is 1. The second kappa shape index (κ2) is 27.7. The van der Waals surface area contributed by atoms with Crippen LogP contribution >= 0.6 is 11.6 Å². The topological polar surface area (TPSA) is 251 Å². The maximum absolute atomic E-state index is 14.2. The van der Waals surface area contributed by atoms with Crippen molar-refractivity contribution >= 4 is 78.9 Å². The van der Waals surface area contributed by atoms with Crippen LogP contribution in [0.3, 0.4) is 0 Å². The summed E-state index contributed by atoms with van der Waals surface area (Å²) in [4.78, 5) is 78.6. The molecule has 4 amide bonds. The summed E-state index contributed by atoms with van der Waals surface area (Å²) >= 11 is 6.27. The number of hydrogen-bond acceptors (Lipinski definition) is 16. The third kappa shape index (κ3) is 15.5. The summed E-state index contributed by atoms with van der Waals surface area (Å²) < 4.78 is 48.1. The van der Waals surface area contributed by atoms with Gasteiger partial charge in [0.05, 0.1) is 48.0 Å². The molecule has 21 nitrogen and oxygen atoms in total. The Hall–Kier alpha value is -8.17. The standard InChI is InChI=1S/C66H73ClN10O11S/c1-66(2)22-20-48(56(38-66)46-9-11-50(67)12-10-46)42-74-25-27-75(28-26-74)51-13-16-55(60(36-51)88-52-35-47-21-23-68-62(47)70-40-52)63(79)72-89(84,85)53-14-17-57(59(37-53)77(82)83)69-39-45-7-5-24-73(41-45)29-31-87-33-32-86-30-4-3-6-44-8-15-54-49(34-44)43-76(65(54)81)58-18-19-61(78)71-64(58)80/h8-17,21,23,34-37,40,45,58,69H,4-5,7,18-20,22,24-33,38-39,41-43H2,1-2H3,(H,68,70)(H,72,79)(H,71,78,80). The SMILES string of the molecule is CC1(C)CCC(CN2CCN(c3ccc(C(=O)NS(=O)(=O)c4ccc(NCC5CCCN(CCOCCOCCC#Cc6ccc7c(c6)CN(C6CCC(=O)NC6=O)C7=O)C5)c([N+](=O)[O-])c4)c(Oc4cnc5[nH]ccc5c4)c3)CC2)=C(c2ccc(Cl)cc2)C1. The highest BCUT2D eigenvalue weighted by atomic mass is 35.5. The zero-order valence-electron chi connectivity index (χ0n) is 50.0. The first kappa shape index (κ1) is 62.4. The Morgan fingerprint density at radius 1 is 0.899 bits per heavy atom. The van der Waals surface area contributed by atoms with E-state index in [1.54, 1.807) is 36.5 Å². The fraction of sp³-hybridized carbons (Fsp3) is 0.409. The van der Waals surface area contributed by atoms with E-state index in [1.165, 1.54) is 46.0 Å². The van der Waals surface area contributed by atoms with Crippen LogP contribution in [0.25, 0.3) is 16.6 Å². The molecule has 0 spiro atoms. The molecule has 0 saturated carbocycles. The summed E-state index contributed by atoms with van der Waals surface area (Å²) in [5.41, 5.74) is 7.46. The summed E-state index contributed by atoms with van der Waals surface area (Å²) in [5.74, 6) is 4.86. The van der Waals surface area contributed by atoms with E-state index in [0.29, 0.717) is 82.4 Å². The number of benzene rings is 4. The highest BCUT2D eigenvalue weighted by Gasteiger charge is 2.39. The van der Waals surface area contributed by atoms with Crippen LogP contribution in [0.2, 0.25) is 5.02 Å². The van der Waals surface area contributed by atoms with Crippen LogP contribution in [0.15, 0.2) is 114 Å². The molecule has 1 aliphatic carbocycles. The molecule has 3 fully saturated rings. The summed E-state index contributed by atoms with van der Waals surface area (Å²) in [6, 6.07) is 25.1. The number of rotatable bonds is 22. The molecule has 2 atom stereocenters. The highest BCUT2D eigenvalue weighted by molar-refractivity contribution is 7.90. The van der Waals surface area contributed by atoms with Crippen LogP contribution < -0.4 is 25.0 Å². The molecule has 466 valence electrons. The molecule has 4 aromatic carbocycles. The number of carbonyl (C=O) groups is 4. The number of hydrogen-bond donors (Lipinski definition) is 4. The quantitative estimate of drug-likeness (QED) is 0.0163. The number of aromatic nitrogens is 2. The number of piperidine rings is 2. The summed E-state index contributed by atoms with van der Waals surface area (Å²) in [7, 11) is -4.64. The predicted molar refractivity (Wildman–Crippen MR) is 338 cm³/mol. The van der Waals surface area contributed by atoms with Gasteiger partial charge in [-0.1, -0.05) is 55.0 Å². The number of ether oxygens (including phenoxy) is 3. The van der Waals surface area contributed by atoms with Crippen LogP contribution in [0.1, 0.15) is 103 Å². The Morgan fingerprint density at radius 2 is 1.71 bits per heavy atom. The van der Waals surface area contributed by atoms with Crippen molar-refractivity contribution in [1.29, 1.82) is 0 Å². The average molecular weight is 1250 g/mol. The van der Waals surface area contributed by atoms with E-state index in [-0.39, 0.29) is 53.1 Å². The van der Waals surface area contributed by atoms with Crippen LogP contribution in [-0.2, 0) is 35.6 Å². The number of nitrogens with one attached hydrogen (secondary N) is 4. The van der Waals surface area contributed by atoms with Gasteiger partial charge in [0.1, 0.15) is 28.9 Å². The second-order valence-corrected chi connectivity index (χ2v) is 26.3. The van der Waals surface area contributed by atoms with Crippen molar-refractivity contribution in [3.8, 4) is 23.3 Å². The second-order valence-electron chi connectivity index (χ2n) is 24.2. The van der Waals surface area contributed by atoms with Gasteiger partial charge in [-0.2, -0.15) is 0 Å². The van der Waals surface area contributed by atoms with Gasteiger partial charge in [-0.3, -0.25) is 39.5 Å². The molecule has 2 aromatic heterocycles. The molecular formula is C66H73ClN10O11S. The maximum Gasteiger partial charge on any atom is 0.293 e. The number of fused-ring (bicyclic) bond motifs is 2. The van der Waals surface area contributed by atoms with Crippen molar-refractivity contribution in [1.82, 2.24) is 34.7 Å². The number of carbonyl (C=O) groups excluding carboxylic acids is 4. The minimum atomic E-state index is -4.64. The molecule has 89 heavy (non-hydrogen) atoms. The molecule has 5 aliphatic rings. The van der Waals surface area contributed by atoms with Gasteiger partial charge in [0, 0.05) is 117 Å². The molecule has 23 heteroatoms. The molecule has 3 saturated heterocycles. The number of sulfonamides is 1. The number of H-pyrrole nitrogens is 1. The Balaban J connectivity index is 0.646. The van der Waals surface area contributed by atoms with E-state index >= 15 is 0 Å². The lowest BCUT2D eigenvalue weighted by atomic mass is 9.72. The number of allylic oxidation sites excluding steroid dienone is 1. The fourth-order valence-electron chi connectivity index (χ4n) is 12.4. The summed E-state index contributed by atoms with van der Waals surface area (Å²) in [6.45, 7) is 13.3. The van der Waals surface area contributed by atoms with Gasteiger partial charge in [-0.15, -0.1) is 0 Å². The molecular weight excluding hydrogens is 1180 g/mol. The first-order valence-electron chi connectivity index (χ1n) is 30.3. The van der Waals surface area contributed by atoms with Gasteiger partial charge in [0.25, 0.3) is 27.5 Å². The molecule has 0 radical (unpaired) electrons. The van der Waals surface area contributed by atoms with Crippen LogP contribution in [0.4, 0.5) is 17.1 Å². The van der Waals surface area contributed by atoms with Crippen molar-refractivity contribution in [2.24, 2.45) is 11.3 Å². The number of pyridine rings is 1. The fourth-order valence-corrected chi connectivity index (χ4v) is 13.5. The molecule has 6 heterocycles. The Labute approximate surface area is 522 Å². The third-order valence-electron chi connectivity index (χ3n) is 17.3. The number of aromatic amines is 1. The van der Waals surface area contributed by atoms with Crippen molar-refractivity contribution in [3.05, 3.63) is 152 Å². The largest absolute Gasteiger partial charge is 0.455 e. The normalized spacial score (nSPS) is 19.0. The zero-order valence-corrected chi connectivity index (χ0v) is 51.6. The third-order valence-corrected chi connectivity index (χ3v) is 18.9. The Bertz CT molecular complexity index is 3870. The van der Waals surface area contributed by atoms with Crippen molar-refractivity contribution in [2.75, 3.05) is 95.5 Å². The lowest BCUT2D eigenvalue weighted by Gasteiger charge is -2.39. The van der Waals surface area contributed by atoms with E-state index in [0.717, 1.165) is 98.1 Å². The van der Waals surface area contributed by atoms with Crippen molar-refractivity contribution < 1.29 is 46.7 Å². The Morgan fingerprint density at radius 3 is 2.51 bits per heavy atom. The lowest BCUT2D eigenvalue weighted by molar-refractivity contribution is -0.384. The van der Waals surface area contributed by atoms with Crippen LogP contribution in [0, 0.1) is 33.3 Å². The zero-order chi connectivity index (χ0) is 62.2. The number of amides is 4. The van der Waals surface area contributed by atoms with E-state index in [4.69, 9.17) is 25.8 Å². The van der Waals surface area contributed by atoms with Gasteiger partial charge in [-0.05, 0) is 140 Å². The first-order chi connectivity index (χ1) is 42.9. The number of halogens is 1. The monoisotopic (exact) mass is 1250 g/mol. The molecule has 4 aliphatic heterocycles. The van der Waals surface area contributed by atoms with Gasteiger partial charge < -0.3 is 39.2 Å². The number of imide groups is 1. The van der Waals surface area contributed by atoms with E-state index < -0.39 is 43.4 Å². The molecule has 4 N–H and O–H groups in total. The summed E-state index contributed by atoms with van der Waals surface area (Å²) in [5, 5.41) is 19.5. The number of nitro groups is 1. The maximum atomic E-state index is 14.2. The van der Waals surface area contributed by atoms with Crippen LogP contribution in [-0.4, -0.2) is 153 Å². The van der Waals surface area contributed by atoms with Crippen molar-refractivity contribution in [3.63, 3.8) is 0 Å². The highest BCUT2D eigenvalue weighted by Crippen LogP contribution is 2.44. The van der Waals surface area contributed by atoms with Gasteiger partial charge >= 0.3 is 0 Å². The smallest absolute Gasteiger partial charge is 0.293 e. The van der Waals surface area contributed by atoms with E-state index in [2.05, 4.69) is 77.8 Å². The summed E-state index contributed by atoms with van der Waals surface area (Å²) in [6.07, 6.45) is 9.25. The van der Waals surface area contributed by atoms with Crippen LogP contribution in [0.5, 0.6) is 11.5 Å². The minimum absolute atomic E-state index is 0.0593. The number of nitro benzene ring substituents is 1. The number of anilines is 2. The number of nitrogens with zero attached hydrogens (tertiary/aromatic N) is 6. The number of piperazine rings is 1. The Kier molecular flexibility index (Phi) is 19.4.